The SMILES string of the molecule is [2H]c1c([2H])c([2H])c(-n2c3c([2H])c([2H])c([2H])c([2H])c3c3c([2H])c([2H])c([2H])c([2H])c32)c(-c2cc(-c3c([2H])c([2H])c([2H])c([Si](c4ccccc4)(c4ccccc4)c4ccccc4)c3[2H])nc(-n3c4c([2H])c([2H])c([2H])c([2H])c4c4c([2H])c([2H])c([Si](c5ccccc5)(c5ccccc5)c5ccccc5)c([2H])c43)n2)c1[2H]. The maximum Gasteiger partial charge on any atom is 0.235 e. The van der Waals surface area contributed by atoms with Crippen LogP contribution in [-0.2, 0) is 0 Å². The van der Waals surface area contributed by atoms with E-state index in [9.17, 15) is 26.0 Å². The van der Waals surface area contributed by atoms with E-state index in [1.807, 2.05) is 127 Å². The van der Waals surface area contributed by atoms with Crippen LogP contribution in [-0.4, -0.2) is 35.2 Å². The van der Waals surface area contributed by atoms with Crippen molar-refractivity contribution < 1.29 is 31.5 Å². The first kappa shape index (κ1) is 30.4. The third-order valence-corrected chi connectivity index (χ3v) is 24.3. The molecular formula is C76H54N4Si2. The zero-order valence-corrected chi connectivity index (χ0v) is 45.2. The van der Waals surface area contributed by atoms with E-state index in [2.05, 4.69) is 0 Å². The average Bonchev–Trinajstić information content (AvgIpc) is 1.62. The minimum Gasteiger partial charge on any atom is -0.309 e. The van der Waals surface area contributed by atoms with Crippen molar-refractivity contribution in [3.8, 4) is 34.2 Å². The molecular weight excluding hydrogens is 1030 g/mol. The number of fused-ring (bicyclic) bond motifs is 6. The lowest BCUT2D eigenvalue weighted by Crippen LogP contribution is -2.74. The fourth-order valence-electron chi connectivity index (χ4n) is 11.6. The highest BCUT2D eigenvalue weighted by Crippen LogP contribution is 2.38. The number of aromatic nitrogens is 4. The molecule has 82 heavy (non-hydrogen) atoms. The van der Waals surface area contributed by atoms with Gasteiger partial charge in [-0.25, -0.2) is 9.97 Å². The van der Waals surface area contributed by atoms with Crippen LogP contribution in [0.25, 0.3) is 77.8 Å². The second-order valence-electron chi connectivity index (χ2n) is 19.4. The Morgan fingerprint density at radius 1 is 0.293 bits per heavy atom. The minimum atomic E-state index is -4.16. The first-order chi connectivity index (χ1) is 50.3. The fourth-order valence-corrected chi connectivity index (χ4v) is 20.7. The number of hydrogen-bond donors (Lipinski definition) is 0. The van der Waals surface area contributed by atoms with Crippen molar-refractivity contribution in [1.82, 2.24) is 19.1 Å². The van der Waals surface area contributed by atoms with E-state index in [1.165, 1.54) is 0 Å². The Labute approximate surface area is 511 Å². The van der Waals surface area contributed by atoms with Crippen molar-refractivity contribution >= 4 is 101 Å². The molecule has 4 nitrogen and oxygen atoms in total. The molecule has 0 spiro atoms. The Hall–Kier alpha value is -10.2. The largest absolute Gasteiger partial charge is 0.309 e. The van der Waals surface area contributed by atoms with Crippen molar-refractivity contribution in [3.63, 3.8) is 0 Å². The minimum absolute atomic E-state index is 0.000293. The van der Waals surface area contributed by atoms with Gasteiger partial charge in [0, 0.05) is 32.7 Å². The standard InChI is InChI=1S/C76H54N4Si2/c1-7-29-56(30-8-1)81(57-31-9-2-10-32-57,58-33-11-3-12-34-58)62-41-27-28-55(52-62)69-54-70(68-45-22-26-49-74(68)79-71-46-23-19-42-64(71)65-43-20-24-47-72(65)79)78-76(77-69)80-73-48-25-21-44-66(73)67-51-50-63(53-75(67)80)82(59-35-13-4-14-36-59,60-37-15-5-16-38-60)61-39-17-6-18-40-61/h1-54H/i19D,20D,21D,22D,23D,24D,25D,26D,27D,28D,41D,42D,43D,44D,45D,46D,47D,48D,49D,50D,51D,52D,53D. The summed E-state index contributed by atoms with van der Waals surface area (Å²) in [5.41, 5.74) is -4.97. The Balaban J connectivity index is 1.20. The molecule has 15 aromatic rings. The number of nitrogens with zero attached hydrogens (tertiary/aromatic N) is 4. The van der Waals surface area contributed by atoms with Crippen LogP contribution in [0.3, 0.4) is 0 Å². The van der Waals surface area contributed by atoms with Gasteiger partial charge in [-0.3, -0.25) is 4.57 Å². The molecule has 0 unspecified atom stereocenters. The zero-order valence-electron chi connectivity index (χ0n) is 66.2. The van der Waals surface area contributed by atoms with Gasteiger partial charge < -0.3 is 4.57 Å². The molecule has 15 rings (SSSR count). The molecule has 0 aliphatic heterocycles. The van der Waals surface area contributed by atoms with Crippen LogP contribution in [0.4, 0.5) is 0 Å². The second kappa shape index (κ2) is 20.4. The Morgan fingerprint density at radius 2 is 0.671 bits per heavy atom. The van der Waals surface area contributed by atoms with Crippen molar-refractivity contribution in [2.24, 2.45) is 0 Å². The Bertz CT molecular complexity index is 5920. The van der Waals surface area contributed by atoms with Crippen LogP contribution >= 0.6 is 0 Å². The van der Waals surface area contributed by atoms with Gasteiger partial charge in [-0.2, -0.15) is 0 Å². The van der Waals surface area contributed by atoms with Crippen LogP contribution in [0.1, 0.15) is 31.5 Å². The molecule has 6 heteroatoms. The molecule has 0 N–H and O–H groups in total. The molecule has 3 heterocycles. The number of para-hydroxylation sites is 4. The number of benzene rings is 12. The summed E-state index contributed by atoms with van der Waals surface area (Å²) in [6.07, 6.45) is 0. The van der Waals surface area contributed by atoms with E-state index in [-0.39, 0.29) is 26.7 Å². The number of rotatable bonds is 12. The molecule has 0 atom stereocenters. The summed E-state index contributed by atoms with van der Waals surface area (Å²) in [6.45, 7) is 0. The van der Waals surface area contributed by atoms with Gasteiger partial charge in [-0.05, 0) is 77.8 Å². The van der Waals surface area contributed by atoms with E-state index in [0.29, 0.717) is 31.1 Å². The van der Waals surface area contributed by atoms with E-state index in [1.54, 1.807) is 54.6 Å². The van der Waals surface area contributed by atoms with Crippen molar-refractivity contribution in [2.45, 2.75) is 0 Å². The molecule has 0 saturated heterocycles. The van der Waals surface area contributed by atoms with Gasteiger partial charge in [0.25, 0.3) is 0 Å². The summed E-state index contributed by atoms with van der Waals surface area (Å²) >= 11 is 0. The van der Waals surface area contributed by atoms with Gasteiger partial charge in [0.15, 0.2) is 16.1 Å². The van der Waals surface area contributed by atoms with E-state index >= 15 is 0 Å². The maximum atomic E-state index is 11.1. The van der Waals surface area contributed by atoms with Crippen molar-refractivity contribution in [1.29, 1.82) is 0 Å². The smallest absolute Gasteiger partial charge is 0.235 e. The average molecular weight is 1100 g/mol. The summed E-state index contributed by atoms with van der Waals surface area (Å²) in [7, 11) is -8.30. The highest BCUT2D eigenvalue weighted by atomic mass is 28.3. The molecule has 0 aliphatic carbocycles. The van der Waals surface area contributed by atoms with Gasteiger partial charge >= 0.3 is 0 Å². The van der Waals surface area contributed by atoms with E-state index in [4.69, 9.17) is 15.5 Å². The number of hydrogen-bond acceptors (Lipinski definition) is 2. The van der Waals surface area contributed by atoms with Gasteiger partial charge in [-0.15, -0.1) is 0 Å². The van der Waals surface area contributed by atoms with Gasteiger partial charge in [0.2, 0.25) is 5.95 Å². The summed E-state index contributed by atoms with van der Waals surface area (Å²) in [5, 5.41) is 2.19. The molecule has 12 aromatic carbocycles. The van der Waals surface area contributed by atoms with Gasteiger partial charge in [-0.1, -0.05) is 291 Å². The highest BCUT2D eigenvalue weighted by Gasteiger charge is 2.43. The molecule has 0 radical (unpaired) electrons. The lowest BCUT2D eigenvalue weighted by atomic mass is 10.1. The molecule has 0 amide bonds. The topological polar surface area (TPSA) is 35.6 Å². The molecule has 386 valence electrons. The maximum absolute atomic E-state index is 11.1. The zero-order chi connectivity index (χ0) is 74.5. The Morgan fingerprint density at radius 3 is 1.13 bits per heavy atom. The van der Waals surface area contributed by atoms with Crippen molar-refractivity contribution in [2.75, 3.05) is 0 Å². The first-order valence-corrected chi connectivity index (χ1v) is 30.3. The molecule has 0 aliphatic rings. The fraction of sp³-hybridized carbons (Fsp3) is 0. The third-order valence-electron chi connectivity index (χ3n) is 15.1. The van der Waals surface area contributed by atoms with Crippen LogP contribution in [0, 0.1) is 0 Å². The summed E-state index contributed by atoms with van der Waals surface area (Å²) in [6, 6.07) is 38.4. The summed E-state index contributed by atoms with van der Waals surface area (Å²) in [4.78, 5) is 10.4. The third kappa shape index (κ3) is 7.86. The predicted molar refractivity (Wildman–Crippen MR) is 349 cm³/mol. The van der Waals surface area contributed by atoms with Crippen LogP contribution in [0.15, 0.2) is 327 Å². The molecule has 0 saturated carbocycles. The highest BCUT2D eigenvalue weighted by molar-refractivity contribution is 7.20. The summed E-state index contributed by atoms with van der Waals surface area (Å²) < 4.78 is 226. The van der Waals surface area contributed by atoms with E-state index in [0.717, 1.165) is 15.2 Å². The van der Waals surface area contributed by atoms with Crippen LogP contribution < -0.4 is 41.5 Å². The van der Waals surface area contributed by atoms with Crippen molar-refractivity contribution in [3.05, 3.63) is 327 Å². The van der Waals surface area contributed by atoms with Crippen LogP contribution in [0.2, 0.25) is 0 Å². The normalized spacial score (nSPS) is 15.8. The predicted octanol–water partition coefficient (Wildman–Crippen LogP) is 12.8. The van der Waals surface area contributed by atoms with Crippen LogP contribution in [0.5, 0.6) is 0 Å². The second-order valence-corrected chi connectivity index (χ2v) is 26.9. The lowest BCUT2D eigenvalue weighted by Gasteiger charge is -2.34. The summed E-state index contributed by atoms with van der Waals surface area (Å²) in [5.74, 6) is -0.723. The monoisotopic (exact) mass is 1100 g/mol. The molecule has 0 fully saturated rings. The Kier molecular flexibility index (Phi) is 7.57. The lowest BCUT2D eigenvalue weighted by molar-refractivity contribution is 0.994. The molecule has 0 bridgehead atoms. The molecule has 3 aromatic heterocycles. The first-order valence-electron chi connectivity index (χ1n) is 37.8. The van der Waals surface area contributed by atoms with Gasteiger partial charge in [0.1, 0.15) is 0 Å². The van der Waals surface area contributed by atoms with E-state index < -0.39 is 217 Å². The quantitative estimate of drug-likeness (QED) is 0.0903. The van der Waals surface area contributed by atoms with Gasteiger partial charge in [0.05, 0.1) is 70.7 Å².